The number of aromatic nitrogens is 2. The molecule has 136 valence electrons. The summed E-state index contributed by atoms with van der Waals surface area (Å²) in [6.45, 7) is 8.63. The van der Waals surface area contributed by atoms with E-state index in [1.165, 1.54) is 0 Å². The first-order chi connectivity index (χ1) is 12.2. The van der Waals surface area contributed by atoms with Gasteiger partial charge in [0.05, 0.1) is 6.10 Å². The molecular weight excluding hydrogens is 314 g/mol. The van der Waals surface area contributed by atoms with E-state index in [-0.39, 0.29) is 0 Å². The molecule has 1 aromatic carbocycles. The lowest BCUT2D eigenvalue weighted by Gasteiger charge is -2.32. The van der Waals surface area contributed by atoms with Gasteiger partial charge in [-0.05, 0) is 31.7 Å². The highest BCUT2D eigenvalue weighted by molar-refractivity contribution is 5.53. The van der Waals surface area contributed by atoms with Gasteiger partial charge in [0.25, 0.3) is 0 Å². The predicted octanol–water partition coefficient (Wildman–Crippen LogP) is 3.81. The summed E-state index contributed by atoms with van der Waals surface area (Å²) in [5.74, 6) is 2.03. The van der Waals surface area contributed by atoms with Crippen LogP contribution in [0.4, 0.5) is 0 Å². The molecule has 2 aromatic rings. The van der Waals surface area contributed by atoms with Crippen molar-refractivity contribution in [2.24, 2.45) is 5.92 Å². The summed E-state index contributed by atoms with van der Waals surface area (Å²) in [5, 5.41) is 4.08. The van der Waals surface area contributed by atoms with Gasteiger partial charge in [0.1, 0.15) is 0 Å². The molecule has 0 unspecified atom stereocenters. The van der Waals surface area contributed by atoms with Gasteiger partial charge in [-0.2, -0.15) is 4.98 Å². The quantitative estimate of drug-likeness (QED) is 0.729. The first-order valence-corrected chi connectivity index (χ1v) is 9.42. The van der Waals surface area contributed by atoms with E-state index >= 15 is 0 Å². The van der Waals surface area contributed by atoms with Gasteiger partial charge in [-0.1, -0.05) is 49.3 Å². The molecule has 0 N–H and O–H groups in total. The maximum Gasteiger partial charge on any atom is 0.227 e. The Morgan fingerprint density at radius 3 is 2.68 bits per heavy atom. The molecule has 5 heteroatoms. The Bertz CT molecular complexity index is 619. The summed E-state index contributed by atoms with van der Waals surface area (Å²) >= 11 is 0. The van der Waals surface area contributed by atoms with Crippen molar-refractivity contribution < 1.29 is 9.26 Å². The Morgan fingerprint density at radius 2 is 1.96 bits per heavy atom. The number of hydrogen-bond acceptors (Lipinski definition) is 5. The van der Waals surface area contributed by atoms with E-state index in [0.717, 1.165) is 63.4 Å². The fourth-order valence-electron chi connectivity index (χ4n) is 3.14. The highest BCUT2D eigenvalue weighted by Gasteiger charge is 2.19. The number of likely N-dealkylation sites (tertiary alicyclic amines) is 1. The smallest absolute Gasteiger partial charge is 0.227 e. The fraction of sp³-hybridized carbons (Fsp3) is 0.600. The molecule has 1 aliphatic rings. The van der Waals surface area contributed by atoms with Gasteiger partial charge < -0.3 is 14.2 Å². The monoisotopic (exact) mass is 343 g/mol. The number of ether oxygens (including phenoxy) is 1. The molecule has 0 saturated carbocycles. The first kappa shape index (κ1) is 18.1. The minimum atomic E-state index is 0.447. The normalized spacial score (nSPS) is 16.6. The number of aryl methyl sites for hydroxylation is 1. The zero-order chi connectivity index (χ0) is 17.5. The van der Waals surface area contributed by atoms with Crippen LogP contribution < -0.4 is 0 Å². The number of benzene rings is 1. The maximum atomic E-state index is 5.95. The van der Waals surface area contributed by atoms with Crippen LogP contribution in [-0.4, -0.2) is 47.4 Å². The predicted molar refractivity (Wildman–Crippen MR) is 98.3 cm³/mol. The van der Waals surface area contributed by atoms with E-state index in [9.17, 15) is 0 Å². The van der Waals surface area contributed by atoms with Gasteiger partial charge in [-0.25, -0.2) is 0 Å². The molecule has 0 bridgehead atoms. The summed E-state index contributed by atoms with van der Waals surface area (Å²) in [7, 11) is 0. The topological polar surface area (TPSA) is 51.4 Å². The van der Waals surface area contributed by atoms with Crippen LogP contribution in [0.15, 0.2) is 34.9 Å². The molecule has 0 spiro atoms. The van der Waals surface area contributed by atoms with Crippen molar-refractivity contribution >= 4 is 0 Å². The molecule has 1 aliphatic heterocycles. The lowest BCUT2D eigenvalue weighted by molar-refractivity contribution is -0.00458. The fourth-order valence-corrected chi connectivity index (χ4v) is 3.14. The second-order valence-electron chi connectivity index (χ2n) is 7.25. The zero-order valence-corrected chi connectivity index (χ0v) is 15.4. The number of hydrogen-bond donors (Lipinski definition) is 0. The summed E-state index contributed by atoms with van der Waals surface area (Å²) in [6.07, 6.45) is 4.62. The van der Waals surface area contributed by atoms with Crippen LogP contribution in [0.3, 0.4) is 0 Å². The van der Waals surface area contributed by atoms with Gasteiger partial charge in [0.15, 0.2) is 0 Å². The van der Waals surface area contributed by atoms with Crippen molar-refractivity contribution in [1.82, 2.24) is 15.0 Å². The van der Waals surface area contributed by atoms with Gasteiger partial charge in [-0.3, -0.25) is 0 Å². The standard InChI is InChI=1S/C20H29N3O2/c1-16(2)15-24-18-10-13-23(14-11-18)12-6-9-19-21-20(22-25-19)17-7-4-3-5-8-17/h3-5,7-8,16,18H,6,9-15H2,1-2H3. The van der Waals surface area contributed by atoms with Crippen LogP contribution in [-0.2, 0) is 11.2 Å². The molecule has 0 aliphatic carbocycles. The summed E-state index contributed by atoms with van der Waals surface area (Å²) in [6, 6.07) is 9.96. The molecule has 2 heterocycles. The molecule has 1 saturated heterocycles. The minimum absolute atomic E-state index is 0.447. The Balaban J connectivity index is 1.36. The SMILES string of the molecule is CC(C)COC1CCN(CCCc2nc(-c3ccccc3)no2)CC1. The average molecular weight is 343 g/mol. The van der Waals surface area contributed by atoms with Crippen molar-refractivity contribution in [3.63, 3.8) is 0 Å². The van der Waals surface area contributed by atoms with Crippen molar-refractivity contribution in [3.8, 4) is 11.4 Å². The van der Waals surface area contributed by atoms with Gasteiger partial charge >= 0.3 is 0 Å². The van der Waals surface area contributed by atoms with Crippen molar-refractivity contribution in [2.75, 3.05) is 26.2 Å². The Labute approximate surface area is 150 Å². The molecular formula is C20H29N3O2. The lowest BCUT2D eigenvalue weighted by atomic mass is 10.1. The summed E-state index contributed by atoms with van der Waals surface area (Å²) in [5.41, 5.74) is 1.00. The zero-order valence-electron chi connectivity index (χ0n) is 15.4. The van der Waals surface area contributed by atoms with Crippen LogP contribution in [0.2, 0.25) is 0 Å². The number of nitrogens with zero attached hydrogens (tertiary/aromatic N) is 3. The van der Waals surface area contributed by atoms with E-state index in [1.807, 2.05) is 30.3 Å². The van der Waals surface area contributed by atoms with Crippen LogP contribution in [0, 0.1) is 5.92 Å². The van der Waals surface area contributed by atoms with E-state index in [0.29, 0.717) is 17.8 Å². The van der Waals surface area contributed by atoms with Gasteiger partial charge in [-0.15, -0.1) is 0 Å². The van der Waals surface area contributed by atoms with E-state index in [4.69, 9.17) is 9.26 Å². The molecule has 25 heavy (non-hydrogen) atoms. The third-order valence-corrected chi connectivity index (χ3v) is 4.56. The Morgan fingerprint density at radius 1 is 1.20 bits per heavy atom. The highest BCUT2D eigenvalue weighted by Crippen LogP contribution is 2.17. The molecule has 0 atom stereocenters. The van der Waals surface area contributed by atoms with Crippen molar-refractivity contribution in [3.05, 3.63) is 36.2 Å². The second kappa shape index (κ2) is 9.11. The first-order valence-electron chi connectivity index (χ1n) is 9.42. The molecule has 5 nitrogen and oxygen atoms in total. The van der Waals surface area contributed by atoms with Gasteiger partial charge in [0.2, 0.25) is 11.7 Å². The molecule has 3 rings (SSSR count). The number of piperidine rings is 1. The van der Waals surface area contributed by atoms with Gasteiger partial charge in [0, 0.05) is 31.7 Å². The van der Waals surface area contributed by atoms with E-state index in [2.05, 4.69) is 28.9 Å². The van der Waals surface area contributed by atoms with Crippen molar-refractivity contribution in [1.29, 1.82) is 0 Å². The minimum Gasteiger partial charge on any atom is -0.378 e. The van der Waals surface area contributed by atoms with Crippen LogP contribution >= 0.6 is 0 Å². The lowest BCUT2D eigenvalue weighted by Crippen LogP contribution is -2.38. The Kier molecular flexibility index (Phi) is 6.59. The average Bonchev–Trinajstić information content (AvgIpc) is 3.11. The largest absolute Gasteiger partial charge is 0.378 e. The van der Waals surface area contributed by atoms with E-state index < -0.39 is 0 Å². The molecule has 1 aromatic heterocycles. The highest BCUT2D eigenvalue weighted by atomic mass is 16.5. The second-order valence-corrected chi connectivity index (χ2v) is 7.25. The molecule has 0 radical (unpaired) electrons. The third kappa shape index (κ3) is 5.65. The molecule has 0 amide bonds. The number of rotatable bonds is 8. The van der Waals surface area contributed by atoms with E-state index in [1.54, 1.807) is 0 Å². The van der Waals surface area contributed by atoms with Crippen LogP contribution in [0.5, 0.6) is 0 Å². The Hall–Kier alpha value is -1.72. The summed E-state index contributed by atoms with van der Waals surface area (Å²) in [4.78, 5) is 7.02. The summed E-state index contributed by atoms with van der Waals surface area (Å²) < 4.78 is 11.3. The third-order valence-electron chi connectivity index (χ3n) is 4.56. The maximum absolute atomic E-state index is 5.95. The van der Waals surface area contributed by atoms with Crippen LogP contribution in [0.1, 0.15) is 39.0 Å². The molecule has 1 fully saturated rings. The van der Waals surface area contributed by atoms with Crippen molar-refractivity contribution in [2.45, 2.75) is 45.6 Å². The van der Waals surface area contributed by atoms with Crippen LogP contribution in [0.25, 0.3) is 11.4 Å².